The maximum Gasteiger partial charge on any atom is 0.254 e. The largest absolute Gasteiger partial charge is 0.497 e. The number of primary amides is 1. The highest BCUT2D eigenvalue weighted by Crippen LogP contribution is 2.65. The van der Waals surface area contributed by atoms with Crippen LogP contribution in [0.1, 0.15) is 31.7 Å². The van der Waals surface area contributed by atoms with Gasteiger partial charge in [0.25, 0.3) is 5.91 Å². The number of anilines is 1. The predicted octanol–water partition coefficient (Wildman–Crippen LogP) is 0.773. The quantitative estimate of drug-likeness (QED) is 0.633. The zero-order valence-corrected chi connectivity index (χ0v) is 17.8. The summed E-state index contributed by atoms with van der Waals surface area (Å²) in [6.07, 6.45) is 5.18. The molecule has 1 aromatic carbocycles. The Balaban J connectivity index is 1.87. The molecule has 0 radical (unpaired) electrons. The third-order valence-corrected chi connectivity index (χ3v) is 8.48. The lowest BCUT2D eigenvalue weighted by Gasteiger charge is -2.68. The van der Waals surface area contributed by atoms with Crippen LogP contribution in [0.25, 0.3) is 0 Å². The smallest absolute Gasteiger partial charge is 0.254 e. The average molecular weight is 414 g/mol. The number of rotatable bonds is 3. The Kier molecular flexibility index (Phi) is 4.11. The van der Waals surface area contributed by atoms with E-state index in [9.17, 15) is 15.0 Å². The van der Waals surface area contributed by atoms with Gasteiger partial charge in [-0.25, -0.2) is 0 Å². The van der Waals surface area contributed by atoms with Gasteiger partial charge in [-0.3, -0.25) is 9.69 Å². The zero-order chi connectivity index (χ0) is 21.5. The van der Waals surface area contributed by atoms with Crippen molar-refractivity contribution < 1.29 is 19.7 Å². The Morgan fingerprint density at radius 2 is 2.13 bits per heavy atom. The molecule has 1 aromatic rings. The van der Waals surface area contributed by atoms with Crippen LogP contribution in [0, 0.1) is 5.41 Å². The summed E-state index contributed by atoms with van der Waals surface area (Å²) in [6, 6.07) is 5.29. The first-order valence-corrected chi connectivity index (χ1v) is 10.8. The molecule has 5 rings (SSSR count). The second-order valence-corrected chi connectivity index (χ2v) is 9.40. The van der Waals surface area contributed by atoms with E-state index in [0.717, 1.165) is 42.9 Å². The molecule has 162 valence electrons. The first-order valence-electron chi connectivity index (χ1n) is 10.8. The third kappa shape index (κ3) is 1.99. The van der Waals surface area contributed by atoms with E-state index in [1.165, 1.54) is 0 Å². The summed E-state index contributed by atoms with van der Waals surface area (Å²) in [5.74, 6) is -0.148. The lowest BCUT2D eigenvalue weighted by molar-refractivity contribution is -0.217. The number of likely N-dealkylation sites (N-methyl/N-ethyl adjacent to an activating group) is 1. The fourth-order valence-electron chi connectivity index (χ4n) is 7.47. The van der Waals surface area contributed by atoms with Gasteiger partial charge in [0.15, 0.2) is 5.60 Å². The normalized spacial score (nSPS) is 41.8. The molecule has 0 unspecified atom stereocenters. The second kappa shape index (κ2) is 6.22. The van der Waals surface area contributed by atoms with Gasteiger partial charge in [0.05, 0.1) is 13.2 Å². The lowest BCUT2D eigenvalue weighted by atomic mass is 9.45. The first kappa shape index (κ1) is 19.8. The third-order valence-electron chi connectivity index (χ3n) is 8.48. The highest BCUT2D eigenvalue weighted by Gasteiger charge is 2.77. The predicted molar refractivity (Wildman–Crippen MR) is 113 cm³/mol. The topological polar surface area (TPSA) is 99.3 Å². The van der Waals surface area contributed by atoms with Gasteiger partial charge in [-0.2, -0.15) is 0 Å². The number of piperidine rings is 1. The van der Waals surface area contributed by atoms with E-state index < -0.39 is 34.5 Å². The van der Waals surface area contributed by atoms with E-state index in [-0.39, 0.29) is 6.04 Å². The average Bonchev–Trinajstić information content (AvgIpc) is 3.00. The van der Waals surface area contributed by atoms with Crippen molar-refractivity contribution in [3.63, 3.8) is 0 Å². The fraction of sp³-hybridized carbons (Fsp3) is 0.609. The molecule has 3 heterocycles. The number of aliphatic hydroxyl groups is 2. The van der Waals surface area contributed by atoms with Gasteiger partial charge in [-0.1, -0.05) is 25.1 Å². The Bertz CT molecular complexity index is 935. The number of carbonyl (C=O) groups is 1. The molecule has 0 aromatic heterocycles. The minimum atomic E-state index is -2.09. The Morgan fingerprint density at radius 3 is 2.80 bits per heavy atom. The van der Waals surface area contributed by atoms with Crippen molar-refractivity contribution >= 4 is 11.6 Å². The monoisotopic (exact) mass is 413 g/mol. The van der Waals surface area contributed by atoms with E-state index in [0.29, 0.717) is 6.42 Å². The number of aliphatic hydroxyl groups excluding tert-OH is 1. The van der Waals surface area contributed by atoms with Crippen LogP contribution in [0.4, 0.5) is 5.69 Å². The van der Waals surface area contributed by atoms with Crippen LogP contribution in [0.15, 0.2) is 30.4 Å². The summed E-state index contributed by atoms with van der Waals surface area (Å²) in [5.41, 5.74) is 4.52. The number of nitrogens with zero attached hydrogens (tertiary/aromatic N) is 2. The molecular formula is C23H31N3O4. The van der Waals surface area contributed by atoms with Crippen molar-refractivity contribution in [2.45, 2.75) is 55.4 Å². The van der Waals surface area contributed by atoms with Gasteiger partial charge >= 0.3 is 0 Å². The van der Waals surface area contributed by atoms with Gasteiger partial charge in [-0.15, -0.1) is 0 Å². The fourth-order valence-corrected chi connectivity index (χ4v) is 7.47. The summed E-state index contributed by atoms with van der Waals surface area (Å²) >= 11 is 0. The summed E-state index contributed by atoms with van der Waals surface area (Å²) in [4.78, 5) is 17.2. The maximum atomic E-state index is 12.9. The molecule has 6 atom stereocenters. The molecule has 1 aliphatic carbocycles. The van der Waals surface area contributed by atoms with Crippen LogP contribution in [-0.4, -0.2) is 72.1 Å². The molecule has 0 bridgehead atoms. The number of hydrogen-bond donors (Lipinski definition) is 3. The first-order chi connectivity index (χ1) is 14.3. The van der Waals surface area contributed by atoms with Crippen LogP contribution < -0.4 is 15.4 Å². The highest BCUT2D eigenvalue weighted by atomic mass is 16.5. The summed E-state index contributed by atoms with van der Waals surface area (Å²) < 4.78 is 5.46. The van der Waals surface area contributed by atoms with Crippen LogP contribution in [0.2, 0.25) is 0 Å². The van der Waals surface area contributed by atoms with Crippen molar-refractivity contribution in [1.29, 1.82) is 0 Å². The van der Waals surface area contributed by atoms with Crippen LogP contribution in [0.5, 0.6) is 5.75 Å². The second-order valence-electron chi connectivity index (χ2n) is 9.40. The number of carbonyl (C=O) groups excluding carboxylic acids is 1. The number of amides is 1. The van der Waals surface area contributed by atoms with Crippen LogP contribution in [-0.2, 0) is 10.2 Å². The molecule has 7 heteroatoms. The van der Waals surface area contributed by atoms with Gasteiger partial charge in [0.2, 0.25) is 0 Å². The van der Waals surface area contributed by atoms with E-state index >= 15 is 0 Å². The molecule has 7 nitrogen and oxygen atoms in total. The van der Waals surface area contributed by atoms with Gasteiger partial charge < -0.3 is 25.6 Å². The number of nitrogens with two attached hydrogens (primary N) is 1. The zero-order valence-electron chi connectivity index (χ0n) is 17.8. The summed E-state index contributed by atoms with van der Waals surface area (Å²) in [5, 5.41) is 23.6. The molecule has 2 fully saturated rings. The molecule has 1 saturated carbocycles. The van der Waals surface area contributed by atoms with Gasteiger partial charge in [0, 0.05) is 42.2 Å². The lowest BCUT2D eigenvalue weighted by Crippen LogP contribution is -2.84. The molecule has 30 heavy (non-hydrogen) atoms. The van der Waals surface area contributed by atoms with Crippen molar-refractivity contribution in [3.05, 3.63) is 35.9 Å². The molecule has 1 spiro atoms. The molecular weight excluding hydrogens is 382 g/mol. The SMILES string of the molecule is CC[C@]12C=CCN3CCC[C@@]4(c5ccc(OC)cc5N(C)[C@H]4[C@@](O)(C(N)=O)[C@@H]1O)[C@H]32. The molecule has 1 amide bonds. The molecule has 3 aliphatic heterocycles. The summed E-state index contributed by atoms with van der Waals surface area (Å²) in [7, 11) is 3.51. The van der Waals surface area contributed by atoms with E-state index in [1.807, 2.05) is 37.1 Å². The van der Waals surface area contributed by atoms with Crippen LogP contribution in [0.3, 0.4) is 0 Å². The summed E-state index contributed by atoms with van der Waals surface area (Å²) in [6.45, 7) is 3.76. The van der Waals surface area contributed by atoms with Crippen molar-refractivity contribution in [2.75, 3.05) is 32.1 Å². The number of hydrogen-bond acceptors (Lipinski definition) is 6. The molecule has 1 saturated heterocycles. The number of methoxy groups -OCH3 is 1. The van der Waals surface area contributed by atoms with Crippen molar-refractivity contribution in [1.82, 2.24) is 4.90 Å². The number of ether oxygens (including phenoxy) is 1. The minimum Gasteiger partial charge on any atom is -0.497 e. The van der Waals surface area contributed by atoms with E-state index in [1.54, 1.807) is 7.11 Å². The highest BCUT2D eigenvalue weighted by molar-refractivity contribution is 5.89. The van der Waals surface area contributed by atoms with E-state index in [2.05, 4.69) is 17.0 Å². The standard InChI is InChI=1S/C23H31N3O4/c1-4-21-9-5-11-26-12-6-10-22(17(21)26)15-8-7-14(30-3)13-16(15)25(2)18(22)23(29,19(21)27)20(24)28/h5,7-9,13,17-19,27,29H,4,6,10-12H2,1-3H3,(H2,24,28)/t17-,18-,19-,21-,22-,23+/m1/s1. The number of benzene rings is 1. The van der Waals surface area contributed by atoms with Gasteiger partial charge in [0.1, 0.15) is 11.9 Å². The van der Waals surface area contributed by atoms with Crippen molar-refractivity contribution in [3.8, 4) is 5.75 Å². The van der Waals surface area contributed by atoms with Gasteiger partial charge in [-0.05, 0) is 37.4 Å². The Labute approximate surface area is 177 Å². The minimum absolute atomic E-state index is 0.0366. The number of fused-ring (bicyclic) bond motifs is 1. The molecule has 4 aliphatic rings. The Morgan fingerprint density at radius 1 is 1.37 bits per heavy atom. The van der Waals surface area contributed by atoms with Crippen molar-refractivity contribution in [2.24, 2.45) is 11.1 Å². The molecule has 4 N–H and O–H groups in total. The maximum absolute atomic E-state index is 12.9. The van der Waals surface area contributed by atoms with E-state index in [4.69, 9.17) is 10.5 Å². The Hall–Kier alpha value is -2.09. The van der Waals surface area contributed by atoms with Crippen LogP contribution >= 0.6 is 0 Å².